The van der Waals surface area contributed by atoms with Crippen LogP contribution in [0.3, 0.4) is 0 Å². The minimum atomic E-state index is 0.227. The summed E-state index contributed by atoms with van der Waals surface area (Å²) in [5, 5.41) is 10.7. The third kappa shape index (κ3) is 1.94. The predicted octanol–water partition coefficient (Wildman–Crippen LogP) is 1.78. The molecule has 1 aromatic heterocycles. The fraction of sp³-hybridized carbons (Fsp3) is 0.778. The molecule has 14 heavy (non-hydrogen) atoms. The molecule has 2 heterocycles. The fourth-order valence-corrected chi connectivity index (χ4v) is 4.06. The molecule has 0 radical (unpaired) electrons. The maximum Gasteiger partial charge on any atom is 0.133 e. The van der Waals surface area contributed by atoms with E-state index in [1.54, 1.807) is 11.3 Å². The normalized spacial score (nSPS) is 27.0. The smallest absolute Gasteiger partial charge is 0.133 e. The van der Waals surface area contributed by atoms with E-state index in [9.17, 15) is 0 Å². The maximum absolute atomic E-state index is 5.49. The molecule has 0 amide bonds. The number of nitrogens with two attached hydrogens (primary N) is 1. The summed E-state index contributed by atoms with van der Waals surface area (Å²) < 4.78 is 0.227. The second-order valence-corrected chi connectivity index (χ2v) is 6.38. The van der Waals surface area contributed by atoms with Gasteiger partial charge in [-0.2, -0.15) is 0 Å². The lowest BCUT2D eigenvalue weighted by Gasteiger charge is -2.17. The van der Waals surface area contributed by atoms with Crippen molar-refractivity contribution >= 4 is 23.1 Å². The first-order valence-electron chi connectivity index (χ1n) is 4.91. The van der Waals surface area contributed by atoms with Crippen LogP contribution in [0, 0.1) is 0 Å². The summed E-state index contributed by atoms with van der Waals surface area (Å²) >= 11 is 3.74. The Kier molecular flexibility index (Phi) is 3.09. The zero-order valence-corrected chi connectivity index (χ0v) is 9.96. The molecule has 0 aromatic carbocycles. The zero-order chi connectivity index (χ0) is 10.0. The molecule has 0 spiro atoms. The lowest BCUT2D eigenvalue weighted by atomic mass is 10.1. The molecule has 1 aliphatic heterocycles. The number of hydrogen-bond acceptors (Lipinski definition) is 5. The van der Waals surface area contributed by atoms with E-state index in [4.69, 9.17) is 5.73 Å². The predicted molar refractivity (Wildman–Crippen MR) is 61.7 cm³/mol. The van der Waals surface area contributed by atoms with E-state index in [2.05, 4.69) is 17.1 Å². The van der Waals surface area contributed by atoms with Crippen molar-refractivity contribution in [2.75, 3.05) is 12.3 Å². The molecule has 1 saturated heterocycles. The van der Waals surface area contributed by atoms with Crippen molar-refractivity contribution < 1.29 is 0 Å². The first kappa shape index (κ1) is 10.4. The quantitative estimate of drug-likeness (QED) is 0.858. The maximum atomic E-state index is 5.49. The van der Waals surface area contributed by atoms with Gasteiger partial charge in [0, 0.05) is 6.42 Å². The van der Waals surface area contributed by atoms with Gasteiger partial charge in [-0.1, -0.05) is 0 Å². The van der Waals surface area contributed by atoms with Crippen molar-refractivity contribution in [2.45, 2.75) is 30.9 Å². The minimum Gasteiger partial charge on any atom is -0.330 e. The van der Waals surface area contributed by atoms with Crippen molar-refractivity contribution in [3.63, 3.8) is 0 Å². The van der Waals surface area contributed by atoms with Crippen molar-refractivity contribution in [2.24, 2.45) is 5.73 Å². The van der Waals surface area contributed by atoms with Gasteiger partial charge >= 0.3 is 0 Å². The molecule has 1 aromatic rings. The largest absolute Gasteiger partial charge is 0.330 e. The van der Waals surface area contributed by atoms with Crippen LogP contribution < -0.4 is 5.73 Å². The molecule has 1 unspecified atom stereocenters. The summed E-state index contributed by atoms with van der Waals surface area (Å²) in [5.74, 6) is 1.25. The van der Waals surface area contributed by atoms with Gasteiger partial charge in [0.15, 0.2) is 0 Å². The summed E-state index contributed by atoms with van der Waals surface area (Å²) in [6.45, 7) is 2.94. The SMILES string of the molecule is CC1(c2nnc(CCN)s2)CCCS1. The second kappa shape index (κ2) is 4.16. The third-order valence-corrected chi connectivity index (χ3v) is 5.40. The lowest BCUT2D eigenvalue weighted by Crippen LogP contribution is -2.11. The molecular formula is C9H15N3S2. The summed E-state index contributed by atoms with van der Waals surface area (Å²) in [5.41, 5.74) is 5.49. The standard InChI is InChI=1S/C9H15N3S2/c1-9(4-2-6-13-9)8-12-11-7(14-8)3-5-10/h2-6,10H2,1H3. The highest BCUT2D eigenvalue weighted by Crippen LogP contribution is 2.46. The minimum absolute atomic E-state index is 0.227. The molecule has 1 atom stereocenters. The number of nitrogens with zero attached hydrogens (tertiary/aromatic N) is 2. The second-order valence-electron chi connectivity index (χ2n) is 3.72. The molecule has 1 fully saturated rings. The number of rotatable bonds is 3. The van der Waals surface area contributed by atoms with E-state index < -0.39 is 0 Å². The van der Waals surface area contributed by atoms with Gasteiger partial charge in [0.2, 0.25) is 0 Å². The molecule has 2 N–H and O–H groups in total. The van der Waals surface area contributed by atoms with Crippen molar-refractivity contribution in [1.29, 1.82) is 0 Å². The molecule has 0 aliphatic carbocycles. The van der Waals surface area contributed by atoms with E-state index in [0.717, 1.165) is 11.4 Å². The van der Waals surface area contributed by atoms with Crippen LogP contribution in [-0.2, 0) is 11.2 Å². The highest BCUT2D eigenvalue weighted by molar-refractivity contribution is 8.00. The van der Waals surface area contributed by atoms with E-state index in [0.29, 0.717) is 6.54 Å². The van der Waals surface area contributed by atoms with E-state index in [1.165, 1.54) is 23.6 Å². The third-order valence-electron chi connectivity index (χ3n) is 2.50. The monoisotopic (exact) mass is 229 g/mol. The molecular weight excluding hydrogens is 214 g/mol. The van der Waals surface area contributed by atoms with Gasteiger partial charge in [-0.05, 0) is 32.1 Å². The summed E-state index contributed by atoms with van der Waals surface area (Å²) in [6, 6.07) is 0. The molecule has 78 valence electrons. The van der Waals surface area contributed by atoms with Crippen LogP contribution in [-0.4, -0.2) is 22.5 Å². The molecule has 0 saturated carbocycles. The fourth-order valence-electron chi connectivity index (χ4n) is 1.64. The van der Waals surface area contributed by atoms with Crippen LogP contribution in [0.15, 0.2) is 0 Å². The van der Waals surface area contributed by atoms with Crippen LogP contribution in [0.25, 0.3) is 0 Å². The molecule has 1 aliphatic rings. The van der Waals surface area contributed by atoms with Gasteiger partial charge in [0.25, 0.3) is 0 Å². The molecule has 5 heteroatoms. The number of thioether (sulfide) groups is 1. The van der Waals surface area contributed by atoms with Crippen LogP contribution in [0.2, 0.25) is 0 Å². The van der Waals surface area contributed by atoms with Crippen molar-refractivity contribution in [3.05, 3.63) is 10.0 Å². The highest BCUT2D eigenvalue weighted by atomic mass is 32.2. The topological polar surface area (TPSA) is 51.8 Å². The van der Waals surface area contributed by atoms with Gasteiger partial charge in [0.1, 0.15) is 10.0 Å². The van der Waals surface area contributed by atoms with E-state index >= 15 is 0 Å². The number of aromatic nitrogens is 2. The average Bonchev–Trinajstić information content (AvgIpc) is 2.75. The van der Waals surface area contributed by atoms with Crippen LogP contribution in [0.4, 0.5) is 0 Å². The molecule has 2 rings (SSSR count). The number of hydrogen-bond donors (Lipinski definition) is 1. The Labute approximate surface area is 92.5 Å². The molecule has 3 nitrogen and oxygen atoms in total. The van der Waals surface area contributed by atoms with Crippen LogP contribution in [0.1, 0.15) is 29.8 Å². The highest BCUT2D eigenvalue weighted by Gasteiger charge is 2.34. The van der Waals surface area contributed by atoms with Crippen LogP contribution >= 0.6 is 23.1 Å². The summed E-state index contributed by atoms with van der Waals surface area (Å²) in [6.07, 6.45) is 3.39. The average molecular weight is 229 g/mol. The Morgan fingerprint density at radius 1 is 1.50 bits per heavy atom. The Hall–Kier alpha value is -0.130. The Bertz CT molecular complexity index is 305. The van der Waals surface area contributed by atoms with Crippen LogP contribution in [0.5, 0.6) is 0 Å². The van der Waals surface area contributed by atoms with E-state index in [1.807, 2.05) is 11.8 Å². The first-order chi connectivity index (χ1) is 6.74. The van der Waals surface area contributed by atoms with E-state index in [-0.39, 0.29) is 4.75 Å². The Balaban J connectivity index is 2.15. The molecule has 0 bridgehead atoms. The summed E-state index contributed by atoms with van der Waals surface area (Å²) in [4.78, 5) is 0. The summed E-state index contributed by atoms with van der Waals surface area (Å²) in [7, 11) is 0. The zero-order valence-electron chi connectivity index (χ0n) is 8.32. The van der Waals surface area contributed by atoms with Gasteiger partial charge in [-0.25, -0.2) is 0 Å². The Morgan fingerprint density at radius 3 is 3.00 bits per heavy atom. The van der Waals surface area contributed by atoms with Gasteiger partial charge < -0.3 is 5.73 Å². The van der Waals surface area contributed by atoms with Gasteiger partial charge in [0.05, 0.1) is 4.75 Å². The van der Waals surface area contributed by atoms with Gasteiger partial charge in [-0.15, -0.1) is 33.3 Å². The van der Waals surface area contributed by atoms with Gasteiger partial charge in [-0.3, -0.25) is 0 Å². The first-order valence-corrected chi connectivity index (χ1v) is 6.72. The van der Waals surface area contributed by atoms with Crippen molar-refractivity contribution in [1.82, 2.24) is 10.2 Å². The Morgan fingerprint density at radius 2 is 2.36 bits per heavy atom. The van der Waals surface area contributed by atoms with Crippen molar-refractivity contribution in [3.8, 4) is 0 Å². The lowest BCUT2D eigenvalue weighted by molar-refractivity contribution is 0.633.